The lowest BCUT2D eigenvalue weighted by Crippen LogP contribution is -2.36. The van der Waals surface area contributed by atoms with E-state index in [-0.39, 0.29) is 23.0 Å². The SMILES string of the molecule is CCNC(=O)[C@H](C)Oc1ccc(F)cc1C(C)=O. The zero-order valence-electron chi connectivity index (χ0n) is 10.6. The molecule has 0 aliphatic heterocycles. The molecule has 0 aliphatic rings. The van der Waals surface area contributed by atoms with Crippen LogP contribution in [0.5, 0.6) is 5.75 Å². The summed E-state index contributed by atoms with van der Waals surface area (Å²) in [5, 5.41) is 2.60. The molecule has 1 N–H and O–H groups in total. The van der Waals surface area contributed by atoms with Gasteiger partial charge in [-0.25, -0.2) is 4.39 Å². The molecule has 0 bridgehead atoms. The molecule has 1 aromatic carbocycles. The van der Waals surface area contributed by atoms with Gasteiger partial charge in [-0.2, -0.15) is 0 Å². The van der Waals surface area contributed by atoms with E-state index in [1.165, 1.54) is 19.1 Å². The van der Waals surface area contributed by atoms with Crippen LogP contribution < -0.4 is 10.1 Å². The molecule has 0 unspecified atom stereocenters. The number of halogens is 1. The maximum atomic E-state index is 13.0. The summed E-state index contributed by atoms with van der Waals surface area (Å²) < 4.78 is 18.4. The second-order valence-electron chi connectivity index (χ2n) is 3.85. The van der Waals surface area contributed by atoms with E-state index in [1.807, 2.05) is 0 Å². The number of carbonyl (C=O) groups is 2. The number of hydrogen-bond donors (Lipinski definition) is 1. The zero-order chi connectivity index (χ0) is 13.7. The highest BCUT2D eigenvalue weighted by molar-refractivity contribution is 5.97. The van der Waals surface area contributed by atoms with Gasteiger partial charge in [0.1, 0.15) is 11.6 Å². The molecule has 4 nitrogen and oxygen atoms in total. The van der Waals surface area contributed by atoms with E-state index < -0.39 is 11.9 Å². The van der Waals surface area contributed by atoms with Crippen molar-refractivity contribution in [3.8, 4) is 5.75 Å². The fraction of sp³-hybridized carbons (Fsp3) is 0.385. The van der Waals surface area contributed by atoms with Gasteiger partial charge in [-0.15, -0.1) is 0 Å². The predicted octanol–water partition coefficient (Wildman–Crippen LogP) is 1.93. The van der Waals surface area contributed by atoms with E-state index in [4.69, 9.17) is 4.74 Å². The van der Waals surface area contributed by atoms with Gasteiger partial charge in [-0.05, 0) is 39.0 Å². The normalized spacial score (nSPS) is 11.8. The van der Waals surface area contributed by atoms with Crippen molar-refractivity contribution in [2.45, 2.75) is 26.9 Å². The number of ketones is 1. The molecule has 98 valence electrons. The Morgan fingerprint density at radius 1 is 1.44 bits per heavy atom. The molecule has 1 aromatic rings. The minimum absolute atomic E-state index is 0.131. The molecule has 1 rings (SSSR count). The number of ether oxygens (including phenoxy) is 1. The van der Waals surface area contributed by atoms with Gasteiger partial charge in [-0.1, -0.05) is 0 Å². The van der Waals surface area contributed by atoms with Gasteiger partial charge in [0, 0.05) is 6.54 Å². The zero-order valence-corrected chi connectivity index (χ0v) is 10.6. The van der Waals surface area contributed by atoms with Crippen LogP contribution in [-0.4, -0.2) is 24.3 Å². The number of nitrogens with one attached hydrogen (secondary N) is 1. The largest absolute Gasteiger partial charge is 0.480 e. The van der Waals surface area contributed by atoms with Gasteiger partial charge in [-0.3, -0.25) is 9.59 Å². The molecule has 18 heavy (non-hydrogen) atoms. The number of likely N-dealkylation sites (N-methyl/N-ethyl adjacent to an activating group) is 1. The smallest absolute Gasteiger partial charge is 0.260 e. The van der Waals surface area contributed by atoms with E-state index in [2.05, 4.69) is 5.32 Å². The summed E-state index contributed by atoms with van der Waals surface area (Å²) in [6, 6.07) is 3.64. The average Bonchev–Trinajstić information content (AvgIpc) is 2.31. The van der Waals surface area contributed by atoms with Crippen LogP contribution >= 0.6 is 0 Å². The lowest BCUT2D eigenvalue weighted by atomic mass is 10.1. The van der Waals surface area contributed by atoms with Crippen LogP contribution in [0.25, 0.3) is 0 Å². The Hall–Kier alpha value is -1.91. The predicted molar refractivity (Wildman–Crippen MR) is 65.2 cm³/mol. The van der Waals surface area contributed by atoms with E-state index in [1.54, 1.807) is 13.8 Å². The number of Topliss-reactive ketones (excluding diaryl/α,β-unsaturated/α-hetero) is 1. The van der Waals surface area contributed by atoms with Crippen molar-refractivity contribution in [1.29, 1.82) is 0 Å². The summed E-state index contributed by atoms with van der Waals surface area (Å²) in [5.41, 5.74) is 0.131. The van der Waals surface area contributed by atoms with Crippen molar-refractivity contribution in [2.24, 2.45) is 0 Å². The van der Waals surface area contributed by atoms with Crippen LogP contribution in [0.3, 0.4) is 0 Å². The molecular formula is C13H16FNO3. The maximum absolute atomic E-state index is 13.0. The minimum Gasteiger partial charge on any atom is -0.480 e. The third-order valence-electron chi connectivity index (χ3n) is 2.34. The molecule has 0 fully saturated rings. The summed E-state index contributed by atoms with van der Waals surface area (Å²) in [4.78, 5) is 22.8. The lowest BCUT2D eigenvalue weighted by molar-refractivity contribution is -0.127. The van der Waals surface area contributed by atoms with Crippen molar-refractivity contribution < 1.29 is 18.7 Å². The number of rotatable bonds is 5. The van der Waals surface area contributed by atoms with Crippen LogP contribution in [0.4, 0.5) is 4.39 Å². The van der Waals surface area contributed by atoms with Crippen molar-refractivity contribution in [1.82, 2.24) is 5.32 Å². The van der Waals surface area contributed by atoms with Crippen LogP contribution in [0, 0.1) is 5.82 Å². The minimum atomic E-state index is -0.742. The maximum Gasteiger partial charge on any atom is 0.260 e. The van der Waals surface area contributed by atoms with Gasteiger partial charge >= 0.3 is 0 Å². The number of benzene rings is 1. The van der Waals surface area contributed by atoms with Gasteiger partial charge in [0.05, 0.1) is 5.56 Å². The molecule has 5 heteroatoms. The molecule has 1 amide bonds. The van der Waals surface area contributed by atoms with Crippen molar-refractivity contribution in [3.63, 3.8) is 0 Å². The lowest BCUT2D eigenvalue weighted by Gasteiger charge is -2.16. The molecule has 0 aromatic heterocycles. The van der Waals surface area contributed by atoms with E-state index in [9.17, 15) is 14.0 Å². The number of amides is 1. The Labute approximate surface area is 105 Å². The van der Waals surface area contributed by atoms with Crippen molar-refractivity contribution in [3.05, 3.63) is 29.6 Å². The van der Waals surface area contributed by atoms with Gasteiger partial charge in [0.2, 0.25) is 0 Å². The van der Waals surface area contributed by atoms with Crippen molar-refractivity contribution >= 4 is 11.7 Å². The fourth-order valence-corrected chi connectivity index (χ4v) is 1.44. The summed E-state index contributed by atoms with van der Waals surface area (Å²) in [6.45, 7) is 5.18. The summed E-state index contributed by atoms with van der Waals surface area (Å²) >= 11 is 0. The first-order valence-electron chi connectivity index (χ1n) is 5.70. The molecular weight excluding hydrogens is 237 g/mol. The summed E-state index contributed by atoms with van der Waals surface area (Å²) in [5.74, 6) is -0.898. The van der Waals surface area contributed by atoms with E-state index >= 15 is 0 Å². The number of hydrogen-bond acceptors (Lipinski definition) is 3. The summed E-state index contributed by atoms with van der Waals surface area (Å²) in [6.07, 6.45) is -0.742. The Morgan fingerprint density at radius 3 is 2.67 bits per heavy atom. The molecule has 1 atom stereocenters. The topological polar surface area (TPSA) is 55.4 Å². The monoisotopic (exact) mass is 253 g/mol. The summed E-state index contributed by atoms with van der Waals surface area (Å²) in [7, 11) is 0. The highest BCUT2D eigenvalue weighted by Crippen LogP contribution is 2.21. The Bertz CT molecular complexity index is 460. The third kappa shape index (κ3) is 3.55. The van der Waals surface area contributed by atoms with E-state index in [0.29, 0.717) is 6.54 Å². The molecule has 0 heterocycles. The molecule has 0 spiro atoms. The Balaban J connectivity index is 2.90. The molecule has 0 radical (unpaired) electrons. The first-order valence-corrected chi connectivity index (χ1v) is 5.70. The van der Waals surface area contributed by atoms with Gasteiger partial charge < -0.3 is 10.1 Å². The van der Waals surface area contributed by atoms with Crippen molar-refractivity contribution in [2.75, 3.05) is 6.54 Å². The first kappa shape index (κ1) is 14.2. The van der Waals surface area contributed by atoms with Gasteiger partial charge in [0.25, 0.3) is 5.91 Å². The van der Waals surface area contributed by atoms with Crippen LogP contribution in [0.2, 0.25) is 0 Å². The third-order valence-corrected chi connectivity index (χ3v) is 2.34. The van der Waals surface area contributed by atoms with Crippen LogP contribution in [0.15, 0.2) is 18.2 Å². The Kier molecular flexibility index (Phi) is 4.83. The van der Waals surface area contributed by atoms with Crippen LogP contribution in [-0.2, 0) is 4.79 Å². The second-order valence-corrected chi connectivity index (χ2v) is 3.85. The first-order chi connectivity index (χ1) is 8.45. The number of carbonyl (C=O) groups excluding carboxylic acids is 2. The molecule has 0 aliphatic carbocycles. The molecule has 0 saturated heterocycles. The Morgan fingerprint density at radius 2 is 2.11 bits per heavy atom. The fourth-order valence-electron chi connectivity index (χ4n) is 1.44. The highest BCUT2D eigenvalue weighted by atomic mass is 19.1. The standard InChI is InChI=1S/C13H16FNO3/c1-4-15-13(17)9(3)18-12-6-5-10(14)7-11(12)8(2)16/h5-7,9H,4H2,1-3H3,(H,15,17)/t9-/m0/s1. The highest BCUT2D eigenvalue weighted by Gasteiger charge is 2.17. The average molecular weight is 253 g/mol. The quantitative estimate of drug-likeness (QED) is 0.816. The second kappa shape index (κ2) is 6.14. The van der Waals surface area contributed by atoms with E-state index in [0.717, 1.165) is 6.07 Å². The van der Waals surface area contributed by atoms with Crippen LogP contribution in [0.1, 0.15) is 31.1 Å². The molecule has 0 saturated carbocycles. The van der Waals surface area contributed by atoms with Gasteiger partial charge in [0.15, 0.2) is 11.9 Å².